The van der Waals surface area contributed by atoms with E-state index in [0.29, 0.717) is 11.7 Å². The molecule has 1 aromatic carbocycles. The van der Waals surface area contributed by atoms with E-state index in [1.807, 2.05) is 30.3 Å². The standard InChI is InChI=1S/C11H11N3OS2/c15-11-14-9(7-17-11)6-12-10(16)13-8-4-2-1-3-5-8/h1-5,7H,6H2,(H,14,15)(H2,12,13,16). The Morgan fingerprint density at radius 2 is 2.12 bits per heavy atom. The summed E-state index contributed by atoms with van der Waals surface area (Å²) in [4.78, 5) is 13.6. The predicted molar refractivity (Wildman–Crippen MR) is 74.4 cm³/mol. The highest BCUT2D eigenvalue weighted by Crippen LogP contribution is 2.04. The third-order valence-electron chi connectivity index (χ3n) is 2.04. The first-order valence-corrected chi connectivity index (χ1v) is 6.29. The average molecular weight is 265 g/mol. The van der Waals surface area contributed by atoms with E-state index in [1.54, 1.807) is 5.38 Å². The molecule has 0 atom stereocenters. The second-order valence-corrected chi connectivity index (χ2v) is 4.60. The van der Waals surface area contributed by atoms with Crippen molar-refractivity contribution < 1.29 is 0 Å². The number of thiazole rings is 1. The Hall–Kier alpha value is -1.66. The Labute approximate surface area is 108 Å². The van der Waals surface area contributed by atoms with Crippen LogP contribution >= 0.6 is 23.6 Å². The van der Waals surface area contributed by atoms with E-state index in [-0.39, 0.29) is 4.87 Å². The number of anilines is 1. The average Bonchev–Trinajstić information content (AvgIpc) is 2.74. The maximum Gasteiger partial charge on any atom is 0.304 e. The van der Waals surface area contributed by atoms with E-state index >= 15 is 0 Å². The minimum atomic E-state index is -0.0521. The quantitative estimate of drug-likeness (QED) is 0.742. The Balaban J connectivity index is 1.84. The molecule has 6 heteroatoms. The third kappa shape index (κ3) is 3.69. The molecule has 0 radical (unpaired) electrons. The van der Waals surface area contributed by atoms with E-state index in [4.69, 9.17) is 12.2 Å². The van der Waals surface area contributed by atoms with Crippen LogP contribution in [0.3, 0.4) is 0 Å². The molecule has 0 amide bonds. The molecule has 3 N–H and O–H groups in total. The SMILES string of the molecule is O=c1[nH]c(CNC(=S)Nc2ccccc2)cs1. The molecule has 0 saturated carbocycles. The minimum Gasteiger partial charge on any atom is -0.357 e. The van der Waals surface area contributed by atoms with Gasteiger partial charge in [-0.15, -0.1) is 0 Å². The molecular formula is C11H11N3OS2. The van der Waals surface area contributed by atoms with E-state index < -0.39 is 0 Å². The van der Waals surface area contributed by atoms with Crippen LogP contribution in [0.5, 0.6) is 0 Å². The summed E-state index contributed by atoms with van der Waals surface area (Å²) in [6.45, 7) is 0.511. The molecule has 0 bridgehead atoms. The zero-order valence-corrected chi connectivity index (χ0v) is 10.5. The van der Waals surface area contributed by atoms with Gasteiger partial charge in [0.1, 0.15) is 0 Å². The lowest BCUT2D eigenvalue weighted by molar-refractivity contribution is 0.888. The third-order valence-corrected chi connectivity index (χ3v) is 3.01. The monoisotopic (exact) mass is 265 g/mol. The molecule has 1 heterocycles. The highest BCUT2D eigenvalue weighted by molar-refractivity contribution is 7.80. The number of rotatable bonds is 3. The summed E-state index contributed by atoms with van der Waals surface area (Å²) in [7, 11) is 0. The second-order valence-electron chi connectivity index (χ2n) is 3.35. The van der Waals surface area contributed by atoms with Gasteiger partial charge in [0.25, 0.3) is 0 Å². The summed E-state index contributed by atoms with van der Waals surface area (Å²) in [6.07, 6.45) is 0. The van der Waals surface area contributed by atoms with Gasteiger partial charge < -0.3 is 15.6 Å². The zero-order chi connectivity index (χ0) is 12.1. The number of benzene rings is 1. The summed E-state index contributed by atoms with van der Waals surface area (Å²) >= 11 is 6.28. The number of aromatic amines is 1. The molecule has 2 aromatic rings. The van der Waals surface area contributed by atoms with Gasteiger partial charge in [-0.2, -0.15) is 0 Å². The van der Waals surface area contributed by atoms with Gasteiger partial charge in [0.2, 0.25) is 0 Å². The molecule has 0 saturated heterocycles. The molecule has 0 unspecified atom stereocenters. The summed E-state index contributed by atoms with van der Waals surface area (Å²) < 4.78 is 0. The van der Waals surface area contributed by atoms with Crippen molar-refractivity contribution in [3.63, 3.8) is 0 Å². The molecule has 0 spiro atoms. The van der Waals surface area contributed by atoms with Crippen molar-refractivity contribution in [1.82, 2.24) is 10.3 Å². The summed E-state index contributed by atoms with van der Waals surface area (Å²) in [5.41, 5.74) is 1.76. The largest absolute Gasteiger partial charge is 0.357 e. The lowest BCUT2D eigenvalue weighted by Crippen LogP contribution is -2.28. The first-order chi connectivity index (χ1) is 8.24. The van der Waals surface area contributed by atoms with Crippen LogP contribution in [0.4, 0.5) is 5.69 Å². The molecule has 0 fully saturated rings. The summed E-state index contributed by atoms with van der Waals surface area (Å²) in [5.74, 6) is 0. The van der Waals surface area contributed by atoms with Gasteiger partial charge >= 0.3 is 4.87 Å². The minimum absolute atomic E-state index is 0.0521. The van der Waals surface area contributed by atoms with E-state index in [2.05, 4.69) is 15.6 Å². The summed E-state index contributed by atoms with van der Waals surface area (Å²) in [5, 5.41) is 8.38. The Bertz CT molecular complexity index is 547. The van der Waals surface area contributed by atoms with E-state index in [1.165, 1.54) is 0 Å². The topological polar surface area (TPSA) is 56.9 Å². The number of hydrogen-bond acceptors (Lipinski definition) is 3. The highest BCUT2D eigenvalue weighted by Gasteiger charge is 1.99. The van der Waals surface area contributed by atoms with Crippen molar-refractivity contribution in [3.8, 4) is 0 Å². The fourth-order valence-corrected chi connectivity index (χ4v) is 2.04. The molecule has 4 nitrogen and oxygen atoms in total. The molecule has 17 heavy (non-hydrogen) atoms. The van der Waals surface area contributed by atoms with Crippen LogP contribution in [0.1, 0.15) is 5.69 Å². The Morgan fingerprint density at radius 3 is 2.76 bits per heavy atom. The van der Waals surface area contributed by atoms with Crippen molar-refractivity contribution in [2.45, 2.75) is 6.54 Å². The lowest BCUT2D eigenvalue weighted by atomic mass is 10.3. The van der Waals surface area contributed by atoms with Gasteiger partial charge in [-0.1, -0.05) is 29.5 Å². The van der Waals surface area contributed by atoms with Crippen LogP contribution in [0, 0.1) is 0 Å². The molecule has 0 aliphatic heterocycles. The van der Waals surface area contributed by atoms with Crippen LogP contribution < -0.4 is 15.5 Å². The smallest absolute Gasteiger partial charge is 0.304 e. The van der Waals surface area contributed by atoms with Gasteiger partial charge in [0, 0.05) is 16.8 Å². The van der Waals surface area contributed by atoms with Crippen LogP contribution in [-0.2, 0) is 6.54 Å². The van der Waals surface area contributed by atoms with Gasteiger partial charge in [0.15, 0.2) is 5.11 Å². The number of thiocarbonyl (C=S) groups is 1. The number of para-hydroxylation sites is 1. The number of hydrogen-bond donors (Lipinski definition) is 3. The molecule has 88 valence electrons. The van der Waals surface area contributed by atoms with Crippen molar-refractivity contribution in [3.05, 3.63) is 51.1 Å². The van der Waals surface area contributed by atoms with E-state index in [9.17, 15) is 4.79 Å². The lowest BCUT2D eigenvalue weighted by Gasteiger charge is -2.09. The normalized spacial score (nSPS) is 9.88. The number of nitrogens with one attached hydrogen (secondary N) is 3. The summed E-state index contributed by atoms with van der Waals surface area (Å²) in [6, 6.07) is 9.67. The van der Waals surface area contributed by atoms with Crippen LogP contribution in [0.25, 0.3) is 0 Å². The number of aromatic nitrogens is 1. The van der Waals surface area contributed by atoms with Crippen LogP contribution in [-0.4, -0.2) is 10.1 Å². The fourth-order valence-electron chi connectivity index (χ4n) is 1.27. The van der Waals surface area contributed by atoms with Gasteiger partial charge in [0.05, 0.1) is 6.54 Å². The zero-order valence-electron chi connectivity index (χ0n) is 8.90. The number of H-pyrrole nitrogens is 1. The fraction of sp³-hybridized carbons (Fsp3) is 0.0909. The molecule has 1 aromatic heterocycles. The van der Waals surface area contributed by atoms with Crippen molar-refractivity contribution in [2.75, 3.05) is 5.32 Å². The van der Waals surface area contributed by atoms with Gasteiger partial charge in [-0.3, -0.25) is 4.79 Å². The van der Waals surface area contributed by atoms with Crippen molar-refractivity contribution >= 4 is 34.4 Å². The van der Waals surface area contributed by atoms with Crippen molar-refractivity contribution in [2.24, 2.45) is 0 Å². The van der Waals surface area contributed by atoms with E-state index in [0.717, 1.165) is 22.7 Å². The Kier molecular flexibility index (Phi) is 3.89. The van der Waals surface area contributed by atoms with Crippen molar-refractivity contribution in [1.29, 1.82) is 0 Å². The van der Waals surface area contributed by atoms with Gasteiger partial charge in [-0.25, -0.2) is 0 Å². The molecule has 0 aliphatic rings. The second kappa shape index (κ2) is 5.60. The molecule has 0 aliphatic carbocycles. The predicted octanol–water partition coefficient (Wildman–Crippen LogP) is 1.92. The van der Waals surface area contributed by atoms with Crippen LogP contribution in [0.2, 0.25) is 0 Å². The molecule has 2 rings (SSSR count). The molecular weight excluding hydrogens is 254 g/mol. The highest BCUT2D eigenvalue weighted by atomic mass is 32.1. The Morgan fingerprint density at radius 1 is 1.35 bits per heavy atom. The van der Waals surface area contributed by atoms with Gasteiger partial charge in [-0.05, 0) is 24.4 Å². The first-order valence-electron chi connectivity index (χ1n) is 5.00. The maximum absolute atomic E-state index is 10.9. The first kappa shape index (κ1) is 11.8. The maximum atomic E-state index is 10.9. The van der Waals surface area contributed by atoms with Crippen LogP contribution in [0.15, 0.2) is 40.5 Å².